The Labute approximate surface area is 211 Å². The molecule has 36 heavy (non-hydrogen) atoms. The Bertz CT molecular complexity index is 1250. The fraction of sp³-hybridized carbons (Fsp3) is 0.517. The van der Waals surface area contributed by atoms with Crippen molar-refractivity contribution in [2.45, 2.75) is 57.3 Å². The summed E-state index contributed by atoms with van der Waals surface area (Å²) in [7, 11) is 1.63. The molecule has 2 N–H and O–H groups in total. The lowest BCUT2D eigenvalue weighted by molar-refractivity contribution is -0.128. The molecule has 4 aliphatic rings. The number of fused-ring (bicyclic) bond motifs is 3. The van der Waals surface area contributed by atoms with E-state index in [-0.39, 0.29) is 36.0 Å². The molecule has 2 aromatic rings. The number of aliphatic hydroxyl groups excluding tert-OH is 1. The number of rotatable bonds is 8. The number of ether oxygens (including phenoxy) is 1. The van der Waals surface area contributed by atoms with Crippen LogP contribution in [0.25, 0.3) is 5.57 Å². The number of aromatic nitrogens is 1. The van der Waals surface area contributed by atoms with Gasteiger partial charge in [-0.2, -0.15) is 0 Å². The first-order valence-corrected chi connectivity index (χ1v) is 13.3. The van der Waals surface area contributed by atoms with Gasteiger partial charge in [0.05, 0.1) is 19.2 Å². The molecule has 0 bridgehead atoms. The normalized spacial score (nSPS) is 27.0. The van der Waals surface area contributed by atoms with Crippen LogP contribution in [0.5, 0.6) is 5.75 Å². The fourth-order valence-electron chi connectivity index (χ4n) is 6.65. The fourth-order valence-corrected chi connectivity index (χ4v) is 6.65. The van der Waals surface area contributed by atoms with Crippen molar-refractivity contribution < 1.29 is 14.6 Å². The second-order valence-electron chi connectivity index (χ2n) is 10.8. The predicted octanol–water partition coefficient (Wildman–Crippen LogP) is 3.11. The first kappa shape index (κ1) is 23.5. The quantitative estimate of drug-likeness (QED) is 0.595. The zero-order valence-electron chi connectivity index (χ0n) is 20.9. The van der Waals surface area contributed by atoms with Gasteiger partial charge < -0.3 is 19.7 Å². The lowest BCUT2D eigenvalue weighted by Gasteiger charge is -2.31. The van der Waals surface area contributed by atoms with Crippen molar-refractivity contribution in [1.82, 2.24) is 14.8 Å². The van der Waals surface area contributed by atoms with Crippen molar-refractivity contribution >= 4 is 11.5 Å². The van der Waals surface area contributed by atoms with E-state index >= 15 is 0 Å². The minimum atomic E-state index is -0.405. The van der Waals surface area contributed by atoms with Crippen LogP contribution < -0.4 is 15.6 Å². The Morgan fingerprint density at radius 1 is 1.22 bits per heavy atom. The van der Waals surface area contributed by atoms with Gasteiger partial charge in [-0.15, -0.1) is 0 Å². The summed E-state index contributed by atoms with van der Waals surface area (Å²) in [6, 6.07) is 11.4. The molecule has 0 unspecified atom stereocenters. The van der Waals surface area contributed by atoms with Crippen molar-refractivity contribution in [3.05, 3.63) is 69.6 Å². The highest BCUT2D eigenvalue weighted by Gasteiger charge is 2.56. The standard InChI is InChI=1S/C29H35N3O4/c1-36-21-8-4-5-19(13-21)14-30-28(34)27-24(17-33)23-16-31-25(26(23)32(27)15-18-9-10-18)12-11-22(29(31)35)20-6-2-3-7-20/h4-6,8,11-13,18,23-24,26-27,33H,2-3,7,9-10,14-17H2,1H3,(H,30,34)/t23-,24-,26+,27-/m0/s1. The van der Waals surface area contributed by atoms with E-state index in [1.54, 1.807) is 7.11 Å². The molecule has 1 aromatic carbocycles. The summed E-state index contributed by atoms with van der Waals surface area (Å²) in [5.74, 6) is 1.12. The van der Waals surface area contributed by atoms with E-state index in [9.17, 15) is 14.7 Å². The Morgan fingerprint density at radius 3 is 2.81 bits per heavy atom. The van der Waals surface area contributed by atoms with Crippen LogP contribution in [-0.4, -0.2) is 46.8 Å². The molecule has 1 saturated carbocycles. The Morgan fingerprint density at radius 2 is 2.08 bits per heavy atom. The third-order valence-corrected chi connectivity index (χ3v) is 8.61. The summed E-state index contributed by atoms with van der Waals surface area (Å²) in [6.07, 6.45) is 7.65. The SMILES string of the molecule is COc1cccc(CNC(=O)[C@@H]2[C@@H](CO)[C@@H]3Cn4c(ccc(C5=CCCC5)c4=O)[C@@H]3N2CC2CC2)c1. The molecule has 2 aliphatic heterocycles. The Balaban J connectivity index is 1.29. The number of carbonyl (C=O) groups is 1. The van der Waals surface area contributed by atoms with Crippen molar-refractivity contribution in [3.63, 3.8) is 0 Å². The summed E-state index contributed by atoms with van der Waals surface area (Å²) in [5, 5.41) is 13.6. The van der Waals surface area contributed by atoms with Crippen LogP contribution in [0, 0.1) is 17.8 Å². The molecule has 1 saturated heterocycles. The molecular weight excluding hydrogens is 454 g/mol. The second-order valence-corrected chi connectivity index (χ2v) is 10.8. The molecular formula is C29H35N3O4. The summed E-state index contributed by atoms with van der Waals surface area (Å²) >= 11 is 0. The van der Waals surface area contributed by atoms with E-state index in [4.69, 9.17) is 4.74 Å². The molecule has 7 heteroatoms. The lowest BCUT2D eigenvalue weighted by Crippen LogP contribution is -2.48. The minimum Gasteiger partial charge on any atom is -0.497 e. The number of hydrogen-bond donors (Lipinski definition) is 2. The molecule has 3 heterocycles. The average molecular weight is 490 g/mol. The van der Waals surface area contributed by atoms with Gasteiger partial charge in [-0.05, 0) is 73.4 Å². The van der Waals surface area contributed by atoms with Gasteiger partial charge in [-0.3, -0.25) is 14.5 Å². The number of hydrogen-bond acceptors (Lipinski definition) is 5. The van der Waals surface area contributed by atoms with Gasteiger partial charge in [0, 0.05) is 49.3 Å². The van der Waals surface area contributed by atoms with E-state index < -0.39 is 6.04 Å². The zero-order valence-corrected chi connectivity index (χ0v) is 20.9. The van der Waals surface area contributed by atoms with Crippen LogP contribution in [-0.2, 0) is 17.9 Å². The highest BCUT2D eigenvalue weighted by molar-refractivity contribution is 5.83. The number of allylic oxidation sites excluding steroid dienone is 2. The van der Waals surface area contributed by atoms with E-state index in [1.165, 1.54) is 12.8 Å². The average Bonchev–Trinajstić information content (AvgIpc) is 3.28. The Hall–Kier alpha value is -2.90. The molecule has 7 nitrogen and oxygen atoms in total. The number of benzene rings is 1. The zero-order chi connectivity index (χ0) is 24.8. The molecule has 1 amide bonds. The first-order valence-electron chi connectivity index (χ1n) is 13.3. The van der Waals surface area contributed by atoms with E-state index in [1.807, 2.05) is 34.9 Å². The molecule has 2 fully saturated rings. The number of methoxy groups -OCH3 is 1. The third-order valence-electron chi connectivity index (χ3n) is 8.61. The van der Waals surface area contributed by atoms with Gasteiger partial charge in [0.1, 0.15) is 5.75 Å². The van der Waals surface area contributed by atoms with Crippen LogP contribution in [0.3, 0.4) is 0 Å². The van der Waals surface area contributed by atoms with E-state index in [0.29, 0.717) is 19.0 Å². The highest BCUT2D eigenvalue weighted by Crippen LogP contribution is 2.50. The monoisotopic (exact) mass is 489 g/mol. The van der Waals surface area contributed by atoms with Crippen molar-refractivity contribution in [2.24, 2.45) is 17.8 Å². The van der Waals surface area contributed by atoms with Crippen LogP contribution in [0.2, 0.25) is 0 Å². The van der Waals surface area contributed by atoms with Gasteiger partial charge in [-0.25, -0.2) is 0 Å². The maximum atomic E-state index is 13.6. The number of pyridine rings is 1. The van der Waals surface area contributed by atoms with Crippen molar-refractivity contribution in [2.75, 3.05) is 20.3 Å². The molecule has 6 rings (SSSR count). The largest absolute Gasteiger partial charge is 0.497 e. The van der Waals surface area contributed by atoms with Crippen LogP contribution in [0.1, 0.15) is 55.0 Å². The maximum Gasteiger partial charge on any atom is 0.258 e. The molecule has 190 valence electrons. The number of carbonyl (C=O) groups excluding carboxylic acids is 1. The van der Waals surface area contributed by atoms with Crippen LogP contribution in [0.15, 0.2) is 47.3 Å². The molecule has 4 atom stereocenters. The van der Waals surface area contributed by atoms with Gasteiger partial charge in [-0.1, -0.05) is 18.2 Å². The second kappa shape index (κ2) is 9.52. The number of amides is 1. The number of likely N-dealkylation sites (tertiary alicyclic amines) is 1. The van der Waals surface area contributed by atoms with Gasteiger partial charge in [0.25, 0.3) is 5.56 Å². The number of aliphatic hydroxyl groups is 1. The van der Waals surface area contributed by atoms with Crippen LogP contribution in [0.4, 0.5) is 0 Å². The van der Waals surface area contributed by atoms with E-state index in [2.05, 4.69) is 22.4 Å². The van der Waals surface area contributed by atoms with Gasteiger partial charge in [0.2, 0.25) is 5.91 Å². The van der Waals surface area contributed by atoms with Gasteiger partial charge in [0.15, 0.2) is 0 Å². The van der Waals surface area contributed by atoms with Crippen LogP contribution >= 0.6 is 0 Å². The topological polar surface area (TPSA) is 83.8 Å². The van der Waals surface area contributed by atoms with Crippen molar-refractivity contribution in [1.29, 1.82) is 0 Å². The summed E-state index contributed by atoms with van der Waals surface area (Å²) in [4.78, 5) is 29.4. The van der Waals surface area contributed by atoms with E-state index in [0.717, 1.165) is 54.0 Å². The summed E-state index contributed by atoms with van der Waals surface area (Å²) in [6.45, 7) is 1.73. The predicted molar refractivity (Wildman–Crippen MR) is 137 cm³/mol. The lowest BCUT2D eigenvalue weighted by atomic mass is 9.88. The smallest absolute Gasteiger partial charge is 0.258 e. The number of nitrogens with zero attached hydrogens (tertiary/aromatic N) is 2. The molecule has 1 aromatic heterocycles. The molecule has 0 radical (unpaired) electrons. The molecule has 0 spiro atoms. The van der Waals surface area contributed by atoms with Crippen molar-refractivity contribution in [3.8, 4) is 5.75 Å². The highest BCUT2D eigenvalue weighted by atomic mass is 16.5. The third kappa shape index (κ3) is 4.08. The maximum absolute atomic E-state index is 13.6. The first-order chi connectivity index (χ1) is 17.6. The molecule has 2 aliphatic carbocycles. The van der Waals surface area contributed by atoms with Gasteiger partial charge >= 0.3 is 0 Å². The number of nitrogens with one attached hydrogen (secondary N) is 1. The summed E-state index contributed by atoms with van der Waals surface area (Å²) < 4.78 is 7.24. The summed E-state index contributed by atoms with van der Waals surface area (Å²) in [5.41, 5.74) is 4.03. The minimum absolute atomic E-state index is 0.0189. The Kier molecular flexibility index (Phi) is 6.21.